The first-order valence-corrected chi connectivity index (χ1v) is 14.8. The number of carboxylic acid groups (broad SMARTS) is 1. The van der Waals surface area contributed by atoms with E-state index in [1.165, 1.54) is 10.5 Å². The van der Waals surface area contributed by atoms with Crippen LogP contribution >= 0.6 is 23.4 Å². The van der Waals surface area contributed by atoms with Gasteiger partial charge in [-0.05, 0) is 68.0 Å². The van der Waals surface area contributed by atoms with Crippen LogP contribution in [0.1, 0.15) is 36.7 Å². The van der Waals surface area contributed by atoms with Crippen LogP contribution in [0.25, 0.3) is 0 Å². The molecule has 2 aromatic carbocycles. The van der Waals surface area contributed by atoms with E-state index in [0.29, 0.717) is 30.1 Å². The second-order valence-electron chi connectivity index (χ2n) is 9.64. The van der Waals surface area contributed by atoms with Gasteiger partial charge in [-0.2, -0.15) is 0 Å². The van der Waals surface area contributed by atoms with E-state index >= 15 is 0 Å². The number of hydrogen-bond donors (Lipinski definition) is 1. The van der Waals surface area contributed by atoms with Gasteiger partial charge < -0.3 is 19.6 Å². The lowest BCUT2D eigenvalue weighted by molar-refractivity contribution is -0.139. The van der Waals surface area contributed by atoms with Crippen molar-refractivity contribution < 1.29 is 24.2 Å². The fourth-order valence-corrected chi connectivity index (χ4v) is 5.25. The van der Waals surface area contributed by atoms with E-state index in [9.17, 15) is 19.5 Å². The molecule has 212 valence electrons. The third-order valence-corrected chi connectivity index (χ3v) is 7.85. The number of carbonyl (C=O) groups excluding carboxylic acids is 2. The molecule has 0 aromatic heterocycles. The molecule has 1 aliphatic heterocycles. The zero-order chi connectivity index (χ0) is 28.4. The maximum absolute atomic E-state index is 13.2. The molecule has 1 N–H and O–H groups in total. The molecular weight excluding hydrogens is 538 g/mol. The number of anilines is 1. The molecule has 1 fully saturated rings. The molecule has 1 atom stereocenters. The maximum Gasteiger partial charge on any atom is 0.326 e. The number of amides is 2. The smallest absolute Gasteiger partial charge is 0.326 e. The Bertz CT molecular complexity index is 1090. The summed E-state index contributed by atoms with van der Waals surface area (Å²) >= 11 is 7.05. The average molecular weight is 576 g/mol. The van der Waals surface area contributed by atoms with Gasteiger partial charge >= 0.3 is 5.97 Å². The molecule has 2 amide bonds. The first kappa shape index (κ1) is 30.9. The molecule has 1 unspecified atom stereocenters. The highest BCUT2D eigenvalue weighted by molar-refractivity contribution is 8.01. The molecule has 0 aliphatic carbocycles. The Kier molecular flexibility index (Phi) is 12.1. The van der Waals surface area contributed by atoms with E-state index in [1.54, 1.807) is 24.3 Å². The molecule has 0 bridgehead atoms. The molecule has 39 heavy (non-hydrogen) atoms. The van der Waals surface area contributed by atoms with E-state index in [4.69, 9.17) is 16.3 Å². The third-order valence-electron chi connectivity index (χ3n) is 6.53. The number of piperazine rings is 1. The molecule has 2 aromatic rings. The number of aliphatic carboxylic acids is 1. The predicted molar refractivity (Wildman–Crippen MR) is 157 cm³/mol. The summed E-state index contributed by atoms with van der Waals surface area (Å²) in [4.78, 5) is 43.8. The molecule has 10 heteroatoms. The van der Waals surface area contributed by atoms with Crippen molar-refractivity contribution in [1.82, 2.24) is 9.80 Å². The van der Waals surface area contributed by atoms with Crippen LogP contribution in [0.3, 0.4) is 0 Å². The second-order valence-corrected chi connectivity index (χ2v) is 11.5. The fraction of sp³-hybridized carbons (Fsp3) is 0.483. The lowest BCUT2D eigenvalue weighted by Crippen LogP contribution is -2.49. The van der Waals surface area contributed by atoms with Gasteiger partial charge in [0.15, 0.2) is 5.25 Å². The molecule has 3 rings (SSSR count). The van der Waals surface area contributed by atoms with E-state index < -0.39 is 17.1 Å². The number of thioether (sulfide) groups is 1. The van der Waals surface area contributed by atoms with Crippen LogP contribution in [0.5, 0.6) is 0 Å². The summed E-state index contributed by atoms with van der Waals surface area (Å²) in [5, 5.41) is 9.14. The summed E-state index contributed by atoms with van der Waals surface area (Å²) in [5.74, 6) is -1.22. The largest absolute Gasteiger partial charge is 0.480 e. The van der Waals surface area contributed by atoms with Crippen LogP contribution in [0.4, 0.5) is 5.69 Å². The highest BCUT2D eigenvalue weighted by Crippen LogP contribution is 2.22. The van der Waals surface area contributed by atoms with Crippen LogP contribution in [0.15, 0.2) is 48.5 Å². The Morgan fingerprint density at radius 1 is 1.03 bits per heavy atom. The molecule has 0 radical (unpaired) electrons. The zero-order valence-corrected chi connectivity index (χ0v) is 24.4. The van der Waals surface area contributed by atoms with E-state index in [0.717, 1.165) is 42.8 Å². The van der Waals surface area contributed by atoms with Crippen molar-refractivity contribution in [3.8, 4) is 0 Å². The highest BCUT2D eigenvalue weighted by Gasteiger charge is 2.31. The quantitative estimate of drug-likeness (QED) is 0.356. The van der Waals surface area contributed by atoms with Crippen molar-refractivity contribution in [2.24, 2.45) is 0 Å². The lowest BCUT2D eigenvalue weighted by atomic mass is 10.1. The SMILES string of the molecule is CCSC(C(=O)O)C(=O)N(CCOC(C)C)c1ccc(C(=O)N2CCN(CCc3ccc(Cl)cc3)CC2)cc1. The van der Waals surface area contributed by atoms with Crippen molar-refractivity contribution in [2.45, 2.75) is 38.5 Å². The van der Waals surface area contributed by atoms with Gasteiger partial charge in [-0.1, -0.05) is 30.7 Å². The van der Waals surface area contributed by atoms with E-state index in [1.807, 2.05) is 49.9 Å². The lowest BCUT2D eigenvalue weighted by Gasteiger charge is -2.35. The van der Waals surface area contributed by atoms with Crippen molar-refractivity contribution in [2.75, 3.05) is 56.5 Å². The molecule has 0 spiro atoms. The van der Waals surface area contributed by atoms with Crippen LogP contribution in [-0.4, -0.2) is 95.7 Å². The molecule has 8 nitrogen and oxygen atoms in total. The van der Waals surface area contributed by atoms with Crippen LogP contribution in [0.2, 0.25) is 5.02 Å². The number of halogens is 1. The van der Waals surface area contributed by atoms with Gasteiger partial charge in [-0.3, -0.25) is 19.3 Å². The number of carbonyl (C=O) groups is 3. The molecule has 1 heterocycles. The Morgan fingerprint density at radius 2 is 1.67 bits per heavy atom. The number of nitrogens with zero attached hydrogens (tertiary/aromatic N) is 3. The minimum absolute atomic E-state index is 0.0138. The minimum Gasteiger partial charge on any atom is -0.480 e. The molecular formula is C29H38ClN3O5S. The van der Waals surface area contributed by atoms with Gasteiger partial charge in [0.1, 0.15) is 0 Å². The number of ether oxygens (including phenoxy) is 1. The van der Waals surface area contributed by atoms with Crippen molar-refractivity contribution >= 4 is 46.8 Å². The van der Waals surface area contributed by atoms with Gasteiger partial charge in [-0.25, -0.2) is 0 Å². The summed E-state index contributed by atoms with van der Waals surface area (Å²) < 4.78 is 5.62. The molecule has 1 saturated heterocycles. The number of rotatable bonds is 13. The third kappa shape index (κ3) is 9.24. The number of carboxylic acids is 1. The monoisotopic (exact) mass is 575 g/mol. The average Bonchev–Trinajstić information content (AvgIpc) is 2.93. The summed E-state index contributed by atoms with van der Waals surface area (Å²) in [6, 6.07) is 14.7. The first-order chi connectivity index (χ1) is 18.7. The van der Waals surface area contributed by atoms with Gasteiger partial charge in [0, 0.05) is 55.5 Å². The normalized spacial score (nSPS) is 14.8. The van der Waals surface area contributed by atoms with Gasteiger partial charge in [0.05, 0.1) is 12.7 Å². The highest BCUT2D eigenvalue weighted by atomic mass is 35.5. The van der Waals surface area contributed by atoms with Crippen molar-refractivity contribution in [1.29, 1.82) is 0 Å². The van der Waals surface area contributed by atoms with Gasteiger partial charge in [0.25, 0.3) is 11.8 Å². The Morgan fingerprint density at radius 3 is 2.23 bits per heavy atom. The van der Waals surface area contributed by atoms with Crippen LogP contribution in [0, 0.1) is 0 Å². The van der Waals surface area contributed by atoms with E-state index in [-0.39, 0.29) is 25.2 Å². The Labute approximate surface area is 240 Å². The number of hydrogen-bond acceptors (Lipinski definition) is 6. The molecule has 1 aliphatic rings. The minimum atomic E-state index is -1.20. The van der Waals surface area contributed by atoms with Crippen molar-refractivity contribution in [3.63, 3.8) is 0 Å². The summed E-state index contributed by atoms with van der Waals surface area (Å²) in [5.41, 5.74) is 2.32. The summed E-state index contributed by atoms with van der Waals surface area (Å²) in [7, 11) is 0. The van der Waals surface area contributed by atoms with Crippen molar-refractivity contribution in [3.05, 3.63) is 64.7 Å². The standard InChI is InChI=1S/C29H38ClN3O5S/c1-4-39-26(29(36)37)28(35)33(19-20-38-21(2)3)25-11-7-23(8-12-25)27(34)32-17-15-31(16-18-32)14-13-22-5-9-24(30)10-6-22/h5-12,21,26H,4,13-20H2,1-3H3,(H,36,37). The number of benzene rings is 2. The molecule has 0 saturated carbocycles. The van der Waals surface area contributed by atoms with Gasteiger partial charge in [0.2, 0.25) is 0 Å². The van der Waals surface area contributed by atoms with Gasteiger partial charge in [-0.15, -0.1) is 11.8 Å². The summed E-state index contributed by atoms with van der Waals surface area (Å²) in [6.45, 7) is 9.95. The topological polar surface area (TPSA) is 90.4 Å². The van der Waals surface area contributed by atoms with E-state index in [2.05, 4.69) is 4.90 Å². The fourth-order valence-electron chi connectivity index (χ4n) is 4.38. The van der Waals surface area contributed by atoms with Crippen LogP contribution in [-0.2, 0) is 20.7 Å². The maximum atomic E-state index is 13.2. The zero-order valence-electron chi connectivity index (χ0n) is 22.8. The second kappa shape index (κ2) is 15.3. The predicted octanol–water partition coefficient (Wildman–Crippen LogP) is 4.30. The first-order valence-electron chi connectivity index (χ1n) is 13.3. The van der Waals surface area contributed by atoms with Crippen LogP contribution < -0.4 is 4.90 Å². The summed E-state index contributed by atoms with van der Waals surface area (Å²) in [6.07, 6.45) is 0.920. The Balaban J connectivity index is 1.61. The Hall–Kier alpha value is -2.59.